The number of hydrogen-bond donors (Lipinski definition) is 1. The number of hydrogen-bond acceptors (Lipinski definition) is 6. The fourth-order valence-electron chi connectivity index (χ4n) is 2.02. The van der Waals surface area contributed by atoms with Crippen molar-refractivity contribution in [3.8, 4) is 11.5 Å². The number of benzene rings is 1. The van der Waals surface area contributed by atoms with Crippen LogP contribution in [0.4, 0.5) is 0 Å². The molecule has 2 N–H and O–H groups in total. The third kappa shape index (κ3) is 3.95. The maximum absolute atomic E-state index is 5.88. The van der Waals surface area contributed by atoms with E-state index in [0.717, 1.165) is 5.56 Å². The van der Waals surface area contributed by atoms with Crippen LogP contribution in [-0.4, -0.2) is 23.3 Å². The molecule has 0 saturated carbocycles. The summed E-state index contributed by atoms with van der Waals surface area (Å²) < 4.78 is 16.6. The van der Waals surface area contributed by atoms with Gasteiger partial charge in [-0.2, -0.15) is 0 Å². The smallest absolute Gasteiger partial charge is 0.253 e. The number of aryl methyl sites for hydroxylation is 1. The molecule has 21 heavy (non-hydrogen) atoms. The van der Waals surface area contributed by atoms with Crippen LogP contribution in [0.5, 0.6) is 11.5 Å². The zero-order valence-corrected chi connectivity index (χ0v) is 12.6. The van der Waals surface area contributed by atoms with Crippen molar-refractivity contribution >= 4 is 0 Å². The minimum atomic E-state index is 0.0366. The minimum Gasteiger partial charge on any atom is -0.493 e. The lowest BCUT2D eigenvalue weighted by Gasteiger charge is -2.15. The molecule has 2 aromatic rings. The Bertz CT molecular complexity index is 581. The summed E-state index contributed by atoms with van der Waals surface area (Å²) in [5.74, 6) is 2.39. The van der Waals surface area contributed by atoms with Gasteiger partial charge in [0.25, 0.3) is 5.89 Å². The second kappa shape index (κ2) is 7.08. The first-order chi connectivity index (χ1) is 10.1. The van der Waals surface area contributed by atoms with E-state index in [1.807, 2.05) is 32.0 Å². The largest absolute Gasteiger partial charge is 0.493 e. The highest BCUT2D eigenvalue weighted by molar-refractivity contribution is 5.47. The van der Waals surface area contributed by atoms with Gasteiger partial charge in [0.1, 0.15) is 0 Å². The molecule has 1 atom stereocenters. The van der Waals surface area contributed by atoms with E-state index in [4.69, 9.17) is 19.6 Å². The molecule has 0 saturated heterocycles. The normalized spacial score (nSPS) is 12.2. The molecule has 0 amide bonds. The molecule has 2 rings (SSSR count). The van der Waals surface area contributed by atoms with Crippen LogP contribution < -0.4 is 15.2 Å². The van der Waals surface area contributed by atoms with Gasteiger partial charge >= 0.3 is 0 Å². The van der Waals surface area contributed by atoms with Gasteiger partial charge in [-0.3, -0.25) is 0 Å². The Morgan fingerprint density at radius 2 is 2.05 bits per heavy atom. The van der Waals surface area contributed by atoms with Gasteiger partial charge in [-0.15, -0.1) is 10.2 Å². The minimum absolute atomic E-state index is 0.0366. The lowest BCUT2D eigenvalue weighted by atomic mass is 10.1. The fourth-order valence-corrected chi connectivity index (χ4v) is 2.02. The average Bonchev–Trinajstić information content (AvgIpc) is 2.93. The van der Waals surface area contributed by atoms with E-state index in [1.54, 1.807) is 7.11 Å². The molecule has 6 nitrogen and oxygen atoms in total. The van der Waals surface area contributed by atoms with Crippen molar-refractivity contribution in [3.05, 3.63) is 35.5 Å². The van der Waals surface area contributed by atoms with E-state index in [9.17, 15) is 0 Å². The second-order valence-electron chi connectivity index (χ2n) is 4.86. The Hall–Kier alpha value is -2.08. The number of nitrogens with zero attached hydrogens (tertiary/aromatic N) is 2. The lowest BCUT2D eigenvalue weighted by Crippen LogP contribution is -2.18. The predicted molar refractivity (Wildman–Crippen MR) is 78.4 cm³/mol. The molecule has 1 aromatic heterocycles. The lowest BCUT2D eigenvalue weighted by molar-refractivity contribution is 0.244. The Morgan fingerprint density at radius 1 is 1.29 bits per heavy atom. The number of nitrogens with two attached hydrogens (primary N) is 1. The molecule has 0 aliphatic rings. The molecule has 0 aliphatic heterocycles. The van der Waals surface area contributed by atoms with Crippen molar-refractivity contribution in [1.82, 2.24) is 10.2 Å². The standard InChI is InChI=1S/C15H21N3O3/c1-4-13-17-18-14(21-13)9-20-15-11(8-10(2)16)6-5-7-12(15)19-3/h5-7,10H,4,8-9,16H2,1-3H3. The maximum atomic E-state index is 5.88. The van der Waals surface area contributed by atoms with Gasteiger partial charge in [-0.05, 0) is 25.0 Å². The number of rotatable bonds is 7. The summed E-state index contributed by atoms with van der Waals surface area (Å²) in [6.45, 7) is 4.12. The van der Waals surface area contributed by atoms with Gasteiger partial charge in [0.15, 0.2) is 18.1 Å². The van der Waals surface area contributed by atoms with Gasteiger partial charge in [-0.1, -0.05) is 19.1 Å². The van der Waals surface area contributed by atoms with Gasteiger partial charge in [-0.25, -0.2) is 0 Å². The topological polar surface area (TPSA) is 83.4 Å². The van der Waals surface area contributed by atoms with E-state index in [-0.39, 0.29) is 12.6 Å². The summed E-state index contributed by atoms with van der Waals surface area (Å²) in [6, 6.07) is 5.79. The number of para-hydroxylation sites is 1. The van der Waals surface area contributed by atoms with Crippen LogP contribution in [-0.2, 0) is 19.4 Å². The molecule has 0 fully saturated rings. The van der Waals surface area contributed by atoms with Crippen LogP contribution in [0.2, 0.25) is 0 Å². The van der Waals surface area contributed by atoms with Gasteiger partial charge < -0.3 is 19.6 Å². The first-order valence-corrected chi connectivity index (χ1v) is 6.99. The van der Waals surface area contributed by atoms with Crippen LogP contribution >= 0.6 is 0 Å². The fraction of sp³-hybridized carbons (Fsp3) is 0.467. The van der Waals surface area contributed by atoms with E-state index in [0.29, 0.717) is 36.1 Å². The summed E-state index contributed by atoms with van der Waals surface area (Å²) >= 11 is 0. The van der Waals surface area contributed by atoms with Crippen LogP contribution in [0.15, 0.2) is 22.6 Å². The average molecular weight is 291 g/mol. The van der Waals surface area contributed by atoms with Crippen LogP contribution in [0.25, 0.3) is 0 Å². The molecule has 114 valence electrons. The summed E-state index contributed by atoms with van der Waals surface area (Å²) in [5.41, 5.74) is 6.88. The third-order valence-electron chi connectivity index (χ3n) is 2.97. The van der Waals surface area contributed by atoms with Crippen molar-refractivity contribution in [3.63, 3.8) is 0 Å². The molecule has 1 heterocycles. The zero-order valence-electron chi connectivity index (χ0n) is 12.6. The van der Waals surface area contributed by atoms with Gasteiger partial charge in [0, 0.05) is 12.5 Å². The predicted octanol–water partition coefficient (Wildman–Crippen LogP) is 2.11. The van der Waals surface area contributed by atoms with Crippen molar-refractivity contribution < 1.29 is 13.9 Å². The van der Waals surface area contributed by atoms with E-state index in [2.05, 4.69) is 10.2 Å². The Kier molecular flexibility index (Phi) is 5.16. The first-order valence-electron chi connectivity index (χ1n) is 6.99. The summed E-state index contributed by atoms with van der Waals surface area (Å²) in [5, 5.41) is 7.85. The SMILES string of the molecule is CCc1nnc(COc2c(CC(C)N)cccc2OC)o1. The molecular weight excluding hydrogens is 270 g/mol. The van der Waals surface area contributed by atoms with Crippen molar-refractivity contribution in [2.75, 3.05) is 7.11 Å². The van der Waals surface area contributed by atoms with E-state index >= 15 is 0 Å². The highest BCUT2D eigenvalue weighted by Gasteiger charge is 2.14. The summed E-state index contributed by atoms with van der Waals surface area (Å²) in [7, 11) is 1.61. The van der Waals surface area contributed by atoms with E-state index < -0.39 is 0 Å². The second-order valence-corrected chi connectivity index (χ2v) is 4.86. The van der Waals surface area contributed by atoms with Crippen molar-refractivity contribution in [2.24, 2.45) is 5.73 Å². The molecule has 1 unspecified atom stereocenters. The van der Waals surface area contributed by atoms with Crippen molar-refractivity contribution in [2.45, 2.75) is 39.3 Å². The summed E-state index contributed by atoms with van der Waals surface area (Å²) in [6.07, 6.45) is 1.41. The molecule has 1 aromatic carbocycles. The Balaban J connectivity index is 2.16. The highest BCUT2D eigenvalue weighted by Crippen LogP contribution is 2.32. The van der Waals surface area contributed by atoms with E-state index in [1.165, 1.54) is 0 Å². The Morgan fingerprint density at radius 3 is 2.67 bits per heavy atom. The molecule has 0 aliphatic carbocycles. The van der Waals surface area contributed by atoms with Crippen LogP contribution in [0.1, 0.15) is 31.2 Å². The number of ether oxygens (including phenoxy) is 2. The highest BCUT2D eigenvalue weighted by atomic mass is 16.5. The van der Waals surface area contributed by atoms with Gasteiger partial charge in [0.05, 0.1) is 7.11 Å². The molecule has 0 spiro atoms. The molecule has 0 radical (unpaired) electrons. The van der Waals surface area contributed by atoms with Crippen LogP contribution in [0.3, 0.4) is 0 Å². The molecular formula is C15H21N3O3. The van der Waals surface area contributed by atoms with Crippen LogP contribution in [0, 0.1) is 0 Å². The maximum Gasteiger partial charge on any atom is 0.253 e. The van der Waals surface area contributed by atoms with Crippen molar-refractivity contribution in [1.29, 1.82) is 0 Å². The number of methoxy groups -OCH3 is 1. The quantitative estimate of drug-likeness (QED) is 0.841. The third-order valence-corrected chi connectivity index (χ3v) is 2.97. The zero-order chi connectivity index (χ0) is 15.2. The monoisotopic (exact) mass is 291 g/mol. The summed E-state index contributed by atoms with van der Waals surface area (Å²) in [4.78, 5) is 0. The molecule has 0 bridgehead atoms. The van der Waals surface area contributed by atoms with Gasteiger partial charge in [0.2, 0.25) is 5.89 Å². The first kappa shape index (κ1) is 15.3. The number of aromatic nitrogens is 2. The Labute approximate surface area is 124 Å². The molecule has 6 heteroatoms.